The molecule has 1 heterocycles. The number of hydrogen-bond donors (Lipinski definition) is 2. The van der Waals surface area contributed by atoms with E-state index < -0.39 is 0 Å². The van der Waals surface area contributed by atoms with Crippen LogP contribution in [-0.2, 0) is 6.61 Å². The molecule has 1 aromatic heterocycles. The number of ether oxygens (including phenoxy) is 1. The smallest absolute Gasteiger partial charge is 0.271 e. The van der Waals surface area contributed by atoms with Crippen LogP contribution in [0.2, 0.25) is 20.1 Å². The van der Waals surface area contributed by atoms with Crippen LogP contribution < -0.4 is 15.5 Å². The Kier molecular flexibility index (Phi) is 9.67. The Morgan fingerprint density at radius 2 is 1.62 bits per heavy atom. The van der Waals surface area contributed by atoms with Crippen molar-refractivity contribution < 1.29 is 9.53 Å². The number of benzene rings is 4. The quantitative estimate of drug-likeness (QED) is 0.122. The van der Waals surface area contributed by atoms with Gasteiger partial charge in [0.05, 0.1) is 32.0 Å². The van der Waals surface area contributed by atoms with Crippen molar-refractivity contribution in [2.45, 2.75) is 13.5 Å². The maximum absolute atomic E-state index is 12.6. The number of nitrogens with one attached hydrogen (secondary N) is 2. The molecule has 42 heavy (non-hydrogen) atoms. The van der Waals surface area contributed by atoms with E-state index in [0.717, 1.165) is 27.6 Å². The molecule has 0 radical (unpaired) electrons. The van der Waals surface area contributed by atoms with Gasteiger partial charge in [0.2, 0.25) is 0 Å². The van der Waals surface area contributed by atoms with Crippen molar-refractivity contribution in [2.24, 2.45) is 5.10 Å². The van der Waals surface area contributed by atoms with E-state index in [9.17, 15) is 4.79 Å². The third-order valence-electron chi connectivity index (χ3n) is 6.02. The van der Waals surface area contributed by atoms with Crippen molar-refractivity contribution in [1.29, 1.82) is 0 Å². The van der Waals surface area contributed by atoms with Gasteiger partial charge >= 0.3 is 0 Å². The molecule has 0 spiro atoms. The molecular weight excluding hydrogens is 634 g/mol. The topological polar surface area (TPSA) is 75.6 Å². The number of halogens is 4. The second kappa shape index (κ2) is 13.6. The van der Waals surface area contributed by atoms with Gasteiger partial charge in [0, 0.05) is 22.2 Å². The molecule has 5 rings (SSSR count). The first-order chi connectivity index (χ1) is 20.2. The van der Waals surface area contributed by atoms with Crippen LogP contribution in [-0.4, -0.2) is 17.1 Å². The number of nitrogens with zero attached hydrogens (tertiary/aromatic N) is 2. The Morgan fingerprint density at radius 1 is 0.905 bits per heavy atom. The predicted octanol–water partition coefficient (Wildman–Crippen LogP) is 9.82. The number of hydrogen-bond acceptors (Lipinski definition) is 6. The largest absolute Gasteiger partial charge is 0.486 e. The molecule has 2 N–H and O–H groups in total. The summed E-state index contributed by atoms with van der Waals surface area (Å²) in [6.45, 7) is 2.25. The molecular formula is C31H22Cl4N4O2S. The summed E-state index contributed by atoms with van der Waals surface area (Å²) in [6, 6.07) is 23.7. The number of carbonyl (C=O) groups is 1. The Labute approximate surface area is 266 Å². The maximum atomic E-state index is 12.6. The number of thiazole rings is 1. The molecule has 212 valence electrons. The van der Waals surface area contributed by atoms with Crippen LogP contribution in [0.3, 0.4) is 0 Å². The molecule has 0 atom stereocenters. The summed E-state index contributed by atoms with van der Waals surface area (Å²) < 4.78 is 5.79. The zero-order chi connectivity index (χ0) is 29.6. The number of amides is 1. The van der Waals surface area contributed by atoms with Gasteiger partial charge in [0.15, 0.2) is 10.9 Å². The monoisotopic (exact) mass is 654 g/mol. The van der Waals surface area contributed by atoms with Crippen LogP contribution in [0.15, 0.2) is 89.3 Å². The standard InChI is InChI=1S/C31H22Cl4N4O2S/c1-18-2-9-23(10-3-18)37-31-38-28(17-42-31)21-5-7-22(8-6-21)30(40)39-36-15-20-13-26(34)29(27(35)14-20)41-16-19-4-11-24(32)25(33)12-19/h2-15,17H,16H2,1H3,(H,37,38)(H,39,40)/b36-15-. The molecule has 0 saturated heterocycles. The van der Waals surface area contributed by atoms with Crippen LogP contribution in [0.25, 0.3) is 11.3 Å². The Bertz CT molecular complexity index is 1730. The summed E-state index contributed by atoms with van der Waals surface area (Å²) in [5.41, 5.74) is 8.25. The van der Waals surface area contributed by atoms with Crippen LogP contribution in [0.4, 0.5) is 10.8 Å². The molecule has 0 fully saturated rings. The summed E-state index contributed by atoms with van der Waals surface area (Å²) >= 11 is 26.3. The highest BCUT2D eigenvalue weighted by atomic mass is 35.5. The Balaban J connectivity index is 1.16. The molecule has 0 unspecified atom stereocenters. The number of hydrazone groups is 1. The van der Waals surface area contributed by atoms with E-state index in [4.69, 9.17) is 51.1 Å². The fourth-order valence-corrected chi connectivity index (χ4v) is 5.50. The van der Waals surface area contributed by atoms with Crippen molar-refractivity contribution in [1.82, 2.24) is 10.4 Å². The average Bonchev–Trinajstić information content (AvgIpc) is 3.44. The number of rotatable bonds is 9. The molecule has 11 heteroatoms. The first kappa shape index (κ1) is 29.9. The summed E-state index contributed by atoms with van der Waals surface area (Å²) in [7, 11) is 0. The van der Waals surface area contributed by atoms with Gasteiger partial charge in [-0.05, 0) is 66.6 Å². The third kappa shape index (κ3) is 7.62. The summed E-state index contributed by atoms with van der Waals surface area (Å²) in [5.74, 6) is -0.0413. The van der Waals surface area contributed by atoms with E-state index >= 15 is 0 Å². The van der Waals surface area contributed by atoms with Crippen LogP contribution in [0.1, 0.15) is 27.0 Å². The number of aryl methyl sites for hydroxylation is 1. The second-order valence-corrected chi connectivity index (χ2v) is 11.6. The molecule has 0 aliphatic heterocycles. The first-order valence-corrected chi connectivity index (χ1v) is 14.9. The van der Waals surface area contributed by atoms with Crippen molar-refractivity contribution >= 4 is 80.7 Å². The zero-order valence-corrected chi connectivity index (χ0v) is 25.8. The van der Waals surface area contributed by atoms with Crippen LogP contribution in [0, 0.1) is 6.92 Å². The van der Waals surface area contributed by atoms with Gasteiger partial charge in [0.25, 0.3) is 5.91 Å². The maximum Gasteiger partial charge on any atom is 0.271 e. The molecule has 0 aliphatic carbocycles. The van der Waals surface area contributed by atoms with E-state index in [2.05, 4.69) is 20.8 Å². The third-order valence-corrected chi connectivity index (χ3v) is 8.08. The second-order valence-electron chi connectivity index (χ2n) is 9.16. The Hall–Kier alpha value is -3.59. The van der Waals surface area contributed by atoms with Gasteiger partial charge in [-0.3, -0.25) is 4.79 Å². The van der Waals surface area contributed by atoms with Crippen molar-refractivity contribution in [3.05, 3.63) is 127 Å². The summed E-state index contributed by atoms with van der Waals surface area (Å²) in [6.07, 6.45) is 1.45. The van der Waals surface area contributed by atoms with Gasteiger partial charge in [0.1, 0.15) is 6.61 Å². The molecule has 4 aromatic carbocycles. The first-order valence-electron chi connectivity index (χ1n) is 12.5. The highest BCUT2D eigenvalue weighted by molar-refractivity contribution is 7.14. The molecule has 1 amide bonds. The van der Waals surface area contributed by atoms with Gasteiger partial charge in [-0.25, -0.2) is 10.4 Å². The van der Waals surface area contributed by atoms with E-state index in [0.29, 0.717) is 37.0 Å². The highest BCUT2D eigenvalue weighted by Crippen LogP contribution is 2.35. The van der Waals surface area contributed by atoms with E-state index in [1.54, 1.807) is 42.5 Å². The minimum absolute atomic E-state index is 0.201. The summed E-state index contributed by atoms with van der Waals surface area (Å²) in [4.78, 5) is 17.3. The van der Waals surface area contributed by atoms with Gasteiger partial charge in [-0.1, -0.05) is 82.3 Å². The van der Waals surface area contributed by atoms with Gasteiger partial charge in [-0.2, -0.15) is 5.10 Å². The van der Waals surface area contributed by atoms with Gasteiger partial charge in [-0.15, -0.1) is 11.3 Å². The lowest BCUT2D eigenvalue weighted by atomic mass is 10.1. The van der Waals surface area contributed by atoms with Crippen molar-refractivity contribution in [3.8, 4) is 17.0 Å². The predicted molar refractivity (Wildman–Crippen MR) is 174 cm³/mol. The van der Waals surface area contributed by atoms with E-state index in [1.165, 1.54) is 23.1 Å². The molecule has 0 saturated carbocycles. The van der Waals surface area contributed by atoms with Crippen molar-refractivity contribution in [3.63, 3.8) is 0 Å². The Morgan fingerprint density at radius 3 is 2.31 bits per heavy atom. The van der Waals surface area contributed by atoms with E-state index in [1.807, 2.05) is 48.7 Å². The van der Waals surface area contributed by atoms with E-state index in [-0.39, 0.29) is 12.5 Å². The summed E-state index contributed by atoms with van der Waals surface area (Å²) in [5, 5.41) is 11.6. The lowest BCUT2D eigenvalue weighted by molar-refractivity contribution is 0.0955. The zero-order valence-electron chi connectivity index (χ0n) is 22.0. The molecule has 0 aliphatic rings. The molecule has 5 aromatic rings. The minimum Gasteiger partial charge on any atom is -0.486 e. The number of carbonyl (C=O) groups excluding carboxylic acids is 1. The van der Waals surface area contributed by atoms with Crippen molar-refractivity contribution in [2.75, 3.05) is 5.32 Å². The fraction of sp³-hybridized carbons (Fsp3) is 0.0645. The average molecular weight is 656 g/mol. The lowest BCUT2D eigenvalue weighted by Gasteiger charge is -2.11. The van der Waals surface area contributed by atoms with Crippen LogP contribution >= 0.6 is 57.7 Å². The molecule has 6 nitrogen and oxygen atoms in total. The highest BCUT2D eigenvalue weighted by Gasteiger charge is 2.11. The number of anilines is 2. The SMILES string of the molecule is Cc1ccc(Nc2nc(-c3ccc(C(=O)N/N=C\c4cc(Cl)c(OCc5ccc(Cl)c(Cl)c5)c(Cl)c4)cc3)cs2)cc1. The normalized spacial score (nSPS) is 11.1. The minimum atomic E-state index is -0.364. The molecule has 0 bridgehead atoms. The lowest BCUT2D eigenvalue weighted by Crippen LogP contribution is -2.17. The fourth-order valence-electron chi connectivity index (χ4n) is 3.82. The number of aromatic nitrogens is 1. The van der Waals surface area contributed by atoms with Crippen LogP contribution in [0.5, 0.6) is 5.75 Å². The van der Waals surface area contributed by atoms with Gasteiger partial charge < -0.3 is 10.1 Å².